The summed E-state index contributed by atoms with van der Waals surface area (Å²) < 4.78 is 5.48. The number of anilines is 1. The van der Waals surface area contributed by atoms with Crippen LogP contribution in [0.5, 0.6) is 0 Å². The van der Waals surface area contributed by atoms with E-state index in [0.717, 1.165) is 17.0 Å². The maximum Gasteiger partial charge on any atom is 0.292 e. The summed E-state index contributed by atoms with van der Waals surface area (Å²) in [6.07, 6.45) is 0. The predicted molar refractivity (Wildman–Crippen MR) is 69.9 cm³/mol. The first-order chi connectivity index (χ1) is 7.99. The minimum atomic E-state index is 0.240. The van der Waals surface area contributed by atoms with Gasteiger partial charge in [-0.25, -0.2) is 0 Å². The van der Waals surface area contributed by atoms with Gasteiger partial charge in [0.25, 0.3) is 6.01 Å². The number of benzene rings is 1. The molecule has 2 N–H and O–H groups in total. The van der Waals surface area contributed by atoms with Crippen molar-refractivity contribution in [3.8, 4) is 11.3 Å². The van der Waals surface area contributed by atoms with Crippen LogP contribution in [0.3, 0.4) is 0 Å². The molecule has 1 aromatic heterocycles. The zero-order chi connectivity index (χ0) is 12.6. The maximum absolute atomic E-state index is 5.66. The Kier molecular flexibility index (Phi) is 2.92. The largest absolute Gasteiger partial charge is 0.428 e. The molecule has 0 aliphatic heterocycles. The van der Waals surface area contributed by atoms with E-state index in [1.165, 1.54) is 11.1 Å². The summed E-state index contributed by atoms with van der Waals surface area (Å²) in [5, 5.41) is 0. The van der Waals surface area contributed by atoms with Gasteiger partial charge < -0.3 is 10.2 Å². The number of nitrogens with two attached hydrogens (primary N) is 1. The molecule has 1 aromatic carbocycles. The fraction of sp³-hybridized carbons (Fsp3) is 0.357. The highest BCUT2D eigenvalue weighted by molar-refractivity contribution is 5.67. The molecule has 0 saturated heterocycles. The van der Waals surface area contributed by atoms with Crippen LogP contribution in [0, 0.1) is 13.8 Å². The van der Waals surface area contributed by atoms with Gasteiger partial charge in [0.1, 0.15) is 11.5 Å². The summed E-state index contributed by atoms with van der Waals surface area (Å²) in [6.45, 7) is 8.31. The van der Waals surface area contributed by atoms with Crippen molar-refractivity contribution in [3.05, 3.63) is 35.1 Å². The average Bonchev–Trinajstić information content (AvgIpc) is 2.60. The van der Waals surface area contributed by atoms with Gasteiger partial charge in [-0.15, -0.1) is 0 Å². The second-order valence-electron chi connectivity index (χ2n) is 4.74. The van der Waals surface area contributed by atoms with E-state index in [1.54, 1.807) is 0 Å². The summed E-state index contributed by atoms with van der Waals surface area (Å²) in [6, 6.07) is 6.54. The van der Waals surface area contributed by atoms with Gasteiger partial charge in [-0.05, 0) is 19.4 Å². The predicted octanol–water partition coefficient (Wildman–Crippen LogP) is 3.66. The Morgan fingerprint density at radius 3 is 2.53 bits per heavy atom. The summed E-state index contributed by atoms with van der Waals surface area (Å²) >= 11 is 0. The quantitative estimate of drug-likeness (QED) is 0.856. The Labute approximate surface area is 102 Å². The number of oxazole rings is 1. The van der Waals surface area contributed by atoms with Gasteiger partial charge >= 0.3 is 0 Å². The molecule has 1 heterocycles. The normalized spacial score (nSPS) is 11.1. The molecule has 0 aliphatic carbocycles. The molecule has 0 aliphatic rings. The second kappa shape index (κ2) is 4.24. The Hall–Kier alpha value is -1.77. The summed E-state index contributed by atoms with van der Waals surface area (Å²) in [7, 11) is 0. The molecule has 3 heteroatoms. The van der Waals surface area contributed by atoms with E-state index in [4.69, 9.17) is 10.2 Å². The minimum absolute atomic E-state index is 0.240. The Morgan fingerprint density at radius 1 is 1.24 bits per heavy atom. The Balaban J connectivity index is 2.59. The minimum Gasteiger partial charge on any atom is -0.428 e. The van der Waals surface area contributed by atoms with Gasteiger partial charge in [0.15, 0.2) is 0 Å². The fourth-order valence-corrected chi connectivity index (χ4v) is 2.01. The standard InChI is InChI=1S/C14H18N2O/c1-8(2)13-12(16-14(15)17-13)11-6-5-9(3)7-10(11)4/h5-8H,1-4H3,(H2,15,16). The van der Waals surface area contributed by atoms with E-state index in [-0.39, 0.29) is 11.9 Å². The first kappa shape index (κ1) is 11.7. The van der Waals surface area contributed by atoms with Crippen molar-refractivity contribution < 1.29 is 4.42 Å². The van der Waals surface area contributed by atoms with Crippen molar-refractivity contribution in [3.63, 3.8) is 0 Å². The molecule has 0 spiro atoms. The maximum atomic E-state index is 5.66. The molecule has 0 radical (unpaired) electrons. The third-order valence-corrected chi connectivity index (χ3v) is 2.83. The van der Waals surface area contributed by atoms with Crippen molar-refractivity contribution in [1.29, 1.82) is 0 Å². The lowest BCUT2D eigenvalue weighted by molar-refractivity contribution is 0.500. The fourth-order valence-electron chi connectivity index (χ4n) is 2.01. The van der Waals surface area contributed by atoms with E-state index < -0.39 is 0 Å². The van der Waals surface area contributed by atoms with Gasteiger partial charge in [0.2, 0.25) is 0 Å². The van der Waals surface area contributed by atoms with E-state index in [1.807, 2.05) is 0 Å². The third kappa shape index (κ3) is 2.18. The molecule has 90 valence electrons. The lowest BCUT2D eigenvalue weighted by atomic mass is 9.99. The smallest absolute Gasteiger partial charge is 0.292 e. The van der Waals surface area contributed by atoms with E-state index in [0.29, 0.717) is 0 Å². The van der Waals surface area contributed by atoms with Crippen LogP contribution < -0.4 is 5.73 Å². The zero-order valence-corrected chi connectivity index (χ0v) is 10.7. The van der Waals surface area contributed by atoms with Crippen molar-refractivity contribution in [2.24, 2.45) is 0 Å². The van der Waals surface area contributed by atoms with Crippen LogP contribution in [0.1, 0.15) is 36.7 Å². The van der Waals surface area contributed by atoms with E-state index >= 15 is 0 Å². The first-order valence-electron chi connectivity index (χ1n) is 5.83. The van der Waals surface area contributed by atoms with Crippen LogP contribution in [-0.2, 0) is 0 Å². The third-order valence-electron chi connectivity index (χ3n) is 2.83. The highest BCUT2D eigenvalue weighted by Gasteiger charge is 2.17. The van der Waals surface area contributed by atoms with Gasteiger partial charge in [-0.2, -0.15) is 4.98 Å². The summed E-state index contributed by atoms with van der Waals surface area (Å²) in [5.41, 5.74) is 10.1. The van der Waals surface area contributed by atoms with Gasteiger partial charge in [0.05, 0.1) is 0 Å². The zero-order valence-electron chi connectivity index (χ0n) is 10.7. The van der Waals surface area contributed by atoms with Gasteiger partial charge in [-0.3, -0.25) is 0 Å². The number of rotatable bonds is 2. The van der Waals surface area contributed by atoms with Crippen molar-refractivity contribution in [2.75, 3.05) is 5.73 Å². The second-order valence-corrected chi connectivity index (χ2v) is 4.74. The number of hydrogen-bond acceptors (Lipinski definition) is 3. The lowest BCUT2D eigenvalue weighted by Crippen LogP contribution is -1.92. The highest BCUT2D eigenvalue weighted by atomic mass is 16.4. The van der Waals surface area contributed by atoms with Gasteiger partial charge in [-0.1, -0.05) is 37.6 Å². The average molecular weight is 230 g/mol. The molecule has 2 rings (SSSR count). The van der Waals surface area contributed by atoms with E-state index in [9.17, 15) is 0 Å². The molecule has 0 amide bonds. The van der Waals surface area contributed by atoms with Gasteiger partial charge in [0, 0.05) is 11.5 Å². The summed E-state index contributed by atoms with van der Waals surface area (Å²) in [5.74, 6) is 1.13. The molecule has 3 nitrogen and oxygen atoms in total. The molecule has 2 aromatic rings. The number of nitrogen functional groups attached to an aromatic ring is 1. The Bertz CT molecular complexity index is 541. The molecule has 0 bridgehead atoms. The van der Waals surface area contributed by atoms with Crippen molar-refractivity contribution in [1.82, 2.24) is 4.98 Å². The molecule has 0 saturated carbocycles. The SMILES string of the molecule is Cc1ccc(-c2nc(N)oc2C(C)C)c(C)c1. The van der Waals surface area contributed by atoms with E-state index in [2.05, 4.69) is 50.9 Å². The highest BCUT2D eigenvalue weighted by Crippen LogP contribution is 2.32. The topological polar surface area (TPSA) is 52.0 Å². The number of nitrogens with zero attached hydrogens (tertiary/aromatic N) is 1. The molecule has 0 fully saturated rings. The van der Waals surface area contributed by atoms with Crippen LogP contribution in [0.2, 0.25) is 0 Å². The molecule has 0 atom stereocenters. The molecule has 17 heavy (non-hydrogen) atoms. The number of aryl methyl sites for hydroxylation is 2. The molecule has 0 unspecified atom stereocenters. The van der Waals surface area contributed by atoms with Crippen LogP contribution in [-0.4, -0.2) is 4.98 Å². The monoisotopic (exact) mass is 230 g/mol. The van der Waals surface area contributed by atoms with Crippen LogP contribution >= 0.6 is 0 Å². The van der Waals surface area contributed by atoms with Crippen molar-refractivity contribution in [2.45, 2.75) is 33.6 Å². The molecular weight excluding hydrogens is 212 g/mol. The Morgan fingerprint density at radius 2 is 1.94 bits per heavy atom. The number of aromatic nitrogens is 1. The lowest BCUT2D eigenvalue weighted by Gasteiger charge is -2.07. The van der Waals surface area contributed by atoms with Crippen LogP contribution in [0.15, 0.2) is 22.6 Å². The number of hydrogen-bond donors (Lipinski definition) is 1. The van der Waals surface area contributed by atoms with Crippen molar-refractivity contribution >= 4 is 6.01 Å². The molecular formula is C14H18N2O. The first-order valence-corrected chi connectivity index (χ1v) is 5.83. The van der Waals surface area contributed by atoms with Crippen LogP contribution in [0.25, 0.3) is 11.3 Å². The van der Waals surface area contributed by atoms with Crippen LogP contribution in [0.4, 0.5) is 6.01 Å². The summed E-state index contributed by atoms with van der Waals surface area (Å²) in [4.78, 5) is 4.30.